The Hall–Kier alpha value is -3.06. The molecule has 0 saturated heterocycles. The lowest BCUT2D eigenvalue weighted by Gasteiger charge is -2.10. The highest BCUT2D eigenvalue weighted by molar-refractivity contribution is 7.16. The zero-order chi connectivity index (χ0) is 20.7. The summed E-state index contributed by atoms with van der Waals surface area (Å²) in [6.45, 7) is 6.58. The topological polar surface area (TPSA) is 71.7 Å². The molecule has 0 N–H and O–H groups in total. The van der Waals surface area contributed by atoms with Crippen LogP contribution in [-0.4, -0.2) is 33.7 Å². The van der Waals surface area contributed by atoms with Crippen LogP contribution in [0.1, 0.15) is 53.0 Å². The van der Waals surface area contributed by atoms with Gasteiger partial charge in [0, 0.05) is 6.54 Å². The molecule has 0 unspecified atom stereocenters. The van der Waals surface area contributed by atoms with Crippen LogP contribution in [0.5, 0.6) is 0 Å². The second-order valence-corrected chi connectivity index (χ2v) is 8.27. The van der Waals surface area contributed by atoms with Crippen LogP contribution in [0, 0.1) is 0 Å². The lowest BCUT2D eigenvalue weighted by atomic mass is 10.0. The third-order valence-electron chi connectivity index (χ3n) is 5.08. The fourth-order valence-corrected chi connectivity index (χ4v) is 4.66. The van der Waals surface area contributed by atoms with E-state index in [4.69, 9.17) is 0 Å². The molecule has 0 saturated carbocycles. The average Bonchev–Trinajstić information content (AvgIpc) is 3.17. The van der Waals surface area contributed by atoms with Crippen LogP contribution >= 0.6 is 11.3 Å². The van der Waals surface area contributed by atoms with Crippen LogP contribution in [-0.2, 0) is 11.3 Å². The van der Waals surface area contributed by atoms with Crippen molar-refractivity contribution in [3.8, 4) is 0 Å². The Bertz CT molecular complexity index is 1180. The number of carbonyl (C=O) groups excluding carboxylic acids is 3. The second-order valence-electron chi connectivity index (χ2n) is 7.26. The molecule has 0 spiro atoms. The van der Waals surface area contributed by atoms with Crippen molar-refractivity contribution in [2.45, 2.75) is 33.2 Å². The molecule has 7 heteroatoms. The van der Waals surface area contributed by atoms with Gasteiger partial charge in [-0.05, 0) is 42.7 Å². The van der Waals surface area contributed by atoms with Crippen molar-refractivity contribution >= 4 is 39.3 Å². The van der Waals surface area contributed by atoms with E-state index < -0.39 is 17.7 Å². The van der Waals surface area contributed by atoms with Crippen LogP contribution in [0.25, 0.3) is 10.2 Å². The number of imide groups is 1. The van der Waals surface area contributed by atoms with Crippen molar-refractivity contribution in [1.29, 1.82) is 0 Å². The highest BCUT2D eigenvalue weighted by Gasteiger charge is 2.36. The Morgan fingerprint density at radius 2 is 1.72 bits per heavy atom. The lowest BCUT2D eigenvalue weighted by Crippen LogP contribution is -2.35. The first-order chi connectivity index (χ1) is 13.9. The molecule has 0 atom stereocenters. The summed E-state index contributed by atoms with van der Waals surface area (Å²) in [4.78, 5) is 43.3. The maximum atomic E-state index is 12.6. The highest BCUT2D eigenvalue weighted by atomic mass is 32.1. The summed E-state index contributed by atoms with van der Waals surface area (Å²) in [6, 6.07) is 12.9. The number of nitrogens with zero attached hydrogens (tertiary/aromatic N) is 3. The summed E-state index contributed by atoms with van der Waals surface area (Å²) < 4.78 is 3.04. The minimum absolute atomic E-state index is 0.331. The van der Waals surface area contributed by atoms with E-state index in [0.717, 1.165) is 15.1 Å². The molecule has 0 fully saturated rings. The Morgan fingerprint density at radius 3 is 2.31 bits per heavy atom. The molecule has 1 aromatic heterocycles. The van der Waals surface area contributed by atoms with Crippen LogP contribution in [0.2, 0.25) is 0 Å². The fourth-order valence-electron chi connectivity index (χ4n) is 3.50. The van der Waals surface area contributed by atoms with Gasteiger partial charge in [0.15, 0.2) is 4.80 Å². The number of aromatic nitrogens is 1. The molecule has 6 nitrogen and oxygen atoms in total. The summed E-state index contributed by atoms with van der Waals surface area (Å²) in [5, 5.41) is 0. The normalized spacial score (nSPS) is 14.3. The summed E-state index contributed by atoms with van der Waals surface area (Å²) in [5.41, 5.74) is 2.91. The summed E-state index contributed by atoms with van der Waals surface area (Å²) in [7, 11) is 0. The van der Waals surface area contributed by atoms with E-state index in [1.807, 2.05) is 11.5 Å². The monoisotopic (exact) mass is 407 g/mol. The third-order valence-corrected chi connectivity index (χ3v) is 6.12. The largest absolute Gasteiger partial charge is 0.317 e. The Balaban J connectivity index is 1.66. The first-order valence-corrected chi connectivity index (χ1v) is 10.4. The van der Waals surface area contributed by atoms with Crippen LogP contribution in [0.15, 0.2) is 47.5 Å². The van der Waals surface area contributed by atoms with E-state index in [2.05, 4.69) is 37.0 Å². The van der Waals surface area contributed by atoms with E-state index in [1.54, 1.807) is 24.3 Å². The molecule has 29 heavy (non-hydrogen) atoms. The van der Waals surface area contributed by atoms with Gasteiger partial charge in [-0.15, -0.1) is 0 Å². The molecule has 0 bridgehead atoms. The lowest BCUT2D eigenvalue weighted by molar-refractivity contribution is -0.118. The smallest absolute Gasteiger partial charge is 0.268 e. The maximum Gasteiger partial charge on any atom is 0.268 e. The molecule has 1 aliphatic heterocycles. The van der Waals surface area contributed by atoms with Gasteiger partial charge in [-0.3, -0.25) is 19.3 Å². The quantitative estimate of drug-likeness (QED) is 0.621. The first kappa shape index (κ1) is 19.3. The number of thiazole rings is 1. The number of amides is 3. The molecule has 2 aromatic carbocycles. The van der Waals surface area contributed by atoms with Crippen molar-refractivity contribution in [2.24, 2.45) is 4.99 Å². The van der Waals surface area contributed by atoms with Crippen molar-refractivity contribution in [1.82, 2.24) is 9.47 Å². The molecule has 4 rings (SSSR count). The van der Waals surface area contributed by atoms with Crippen LogP contribution in [0.3, 0.4) is 0 Å². The van der Waals surface area contributed by atoms with Crippen molar-refractivity contribution in [3.63, 3.8) is 0 Å². The molecule has 0 radical (unpaired) electrons. The van der Waals surface area contributed by atoms with E-state index in [0.29, 0.717) is 28.4 Å². The number of rotatable bonds is 4. The number of carbonyl (C=O) groups is 3. The second kappa shape index (κ2) is 7.40. The van der Waals surface area contributed by atoms with Crippen molar-refractivity contribution in [2.75, 3.05) is 6.54 Å². The molecular weight excluding hydrogens is 386 g/mol. The number of hydrogen-bond donors (Lipinski definition) is 0. The van der Waals surface area contributed by atoms with Gasteiger partial charge in [0.25, 0.3) is 17.7 Å². The molecule has 2 heterocycles. The zero-order valence-electron chi connectivity index (χ0n) is 16.5. The predicted octanol–water partition coefficient (Wildman–Crippen LogP) is 3.57. The fraction of sp³-hybridized carbons (Fsp3) is 0.273. The van der Waals surface area contributed by atoms with E-state index >= 15 is 0 Å². The van der Waals surface area contributed by atoms with Crippen LogP contribution in [0.4, 0.5) is 0 Å². The maximum absolute atomic E-state index is 12.6. The van der Waals surface area contributed by atoms with Gasteiger partial charge < -0.3 is 4.57 Å². The molecule has 1 aliphatic rings. The first-order valence-electron chi connectivity index (χ1n) is 9.56. The Kier molecular flexibility index (Phi) is 4.92. The summed E-state index contributed by atoms with van der Waals surface area (Å²) in [5.74, 6) is -1.00. The van der Waals surface area contributed by atoms with E-state index in [1.165, 1.54) is 16.9 Å². The van der Waals surface area contributed by atoms with Gasteiger partial charge in [-0.2, -0.15) is 4.99 Å². The standard InChI is InChI=1S/C22H21N3O3S/c1-4-24-17-10-9-14(13(2)3)11-18(17)29-22(24)23-19(26)12-25-20(27)15-7-5-6-8-16(15)21(25)28/h5-11,13H,4,12H2,1-3H3. The van der Waals surface area contributed by atoms with Gasteiger partial charge in [0.05, 0.1) is 21.3 Å². The molecular formula is C22H21N3O3S. The number of aryl methyl sites for hydroxylation is 1. The van der Waals surface area contributed by atoms with Gasteiger partial charge in [-0.25, -0.2) is 0 Å². The molecule has 3 aromatic rings. The van der Waals surface area contributed by atoms with Crippen molar-refractivity contribution in [3.05, 3.63) is 64.0 Å². The van der Waals surface area contributed by atoms with Crippen molar-refractivity contribution < 1.29 is 14.4 Å². The highest BCUT2D eigenvalue weighted by Crippen LogP contribution is 2.24. The number of benzene rings is 2. The van der Waals surface area contributed by atoms with Gasteiger partial charge >= 0.3 is 0 Å². The number of fused-ring (bicyclic) bond motifs is 2. The van der Waals surface area contributed by atoms with E-state index in [9.17, 15) is 14.4 Å². The predicted molar refractivity (Wildman–Crippen MR) is 112 cm³/mol. The van der Waals surface area contributed by atoms with Gasteiger partial charge in [0.2, 0.25) is 0 Å². The molecule has 0 aliphatic carbocycles. The number of hydrogen-bond acceptors (Lipinski definition) is 4. The summed E-state index contributed by atoms with van der Waals surface area (Å²) in [6.07, 6.45) is 0. The third kappa shape index (κ3) is 3.31. The SMILES string of the molecule is CCn1c(=NC(=O)CN2C(=O)c3ccccc3C2=O)sc2cc(C(C)C)ccc21. The minimum atomic E-state index is -0.516. The average molecular weight is 407 g/mol. The van der Waals surface area contributed by atoms with Gasteiger partial charge in [0.1, 0.15) is 6.54 Å². The molecule has 3 amide bonds. The molecule has 148 valence electrons. The zero-order valence-corrected chi connectivity index (χ0v) is 17.3. The van der Waals surface area contributed by atoms with Gasteiger partial charge in [-0.1, -0.05) is 43.4 Å². The minimum Gasteiger partial charge on any atom is -0.317 e. The Morgan fingerprint density at radius 1 is 1.07 bits per heavy atom. The summed E-state index contributed by atoms with van der Waals surface area (Å²) >= 11 is 1.44. The van der Waals surface area contributed by atoms with Crippen LogP contribution < -0.4 is 4.80 Å². The van der Waals surface area contributed by atoms with E-state index in [-0.39, 0.29) is 6.54 Å². The Labute approximate surface area is 172 Å².